The van der Waals surface area contributed by atoms with Gasteiger partial charge in [0.05, 0.1) is 18.4 Å². The minimum absolute atomic E-state index is 0.0133. The number of carbonyl (C=O) groups excluding carboxylic acids is 1. The Morgan fingerprint density at radius 2 is 1.89 bits per heavy atom. The standard InChI is InChI=1S/C18H14F2N4O4/c1-26-18(25)16(23-27-2)14-4-3-6-21-17(14)28-15-5-7-24(22-15)13-9-11(19)8-12(20)10-13/h3-10H,1-2H3/b23-16+. The van der Waals surface area contributed by atoms with Gasteiger partial charge in [-0.05, 0) is 24.3 Å². The van der Waals surface area contributed by atoms with E-state index in [1.807, 2.05) is 0 Å². The lowest BCUT2D eigenvalue weighted by molar-refractivity contribution is -0.132. The van der Waals surface area contributed by atoms with Gasteiger partial charge in [-0.15, -0.1) is 5.10 Å². The summed E-state index contributed by atoms with van der Waals surface area (Å²) in [6.07, 6.45) is 2.90. The molecule has 0 atom stereocenters. The number of carbonyl (C=O) groups is 1. The zero-order chi connectivity index (χ0) is 20.1. The highest BCUT2D eigenvalue weighted by Crippen LogP contribution is 2.24. The van der Waals surface area contributed by atoms with Crippen LogP contribution >= 0.6 is 0 Å². The Hall–Kier alpha value is -3.82. The van der Waals surface area contributed by atoms with Gasteiger partial charge in [-0.2, -0.15) is 0 Å². The van der Waals surface area contributed by atoms with Gasteiger partial charge in [0.15, 0.2) is 5.71 Å². The smallest absolute Gasteiger partial charge is 0.360 e. The largest absolute Gasteiger partial charge is 0.464 e. The molecule has 0 unspecified atom stereocenters. The van der Waals surface area contributed by atoms with E-state index in [0.717, 1.165) is 18.2 Å². The third-order valence-electron chi connectivity index (χ3n) is 3.47. The summed E-state index contributed by atoms with van der Waals surface area (Å²) in [5, 5.41) is 7.76. The van der Waals surface area contributed by atoms with Crippen molar-refractivity contribution >= 4 is 11.7 Å². The average molecular weight is 388 g/mol. The van der Waals surface area contributed by atoms with E-state index in [4.69, 9.17) is 4.74 Å². The van der Waals surface area contributed by atoms with Crippen LogP contribution in [0.4, 0.5) is 8.78 Å². The fourth-order valence-electron chi connectivity index (χ4n) is 2.31. The molecule has 28 heavy (non-hydrogen) atoms. The van der Waals surface area contributed by atoms with Gasteiger partial charge in [0.2, 0.25) is 11.8 Å². The molecule has 2 aromatic heterocycles. The molecule has 0 aliphatic rings. The number of ether oxygens (including phenoxy) is 2. The van der Waals surface area contributed by atoms with Crippen LogP contribution in [0.3, 0.4) is 0 Å². The maximum atomic E-state index is 13.4. The molecule has 1 aromatic carbocycles. The van der Waals surface area contributed by atoms with Gasteiger partial charge in [0, 0.05) is 24.5 Å². The number of pyridine rings is 1. The Bertz CT molecular complexity index is 1020. The normalized spacial score (nSPS) is 11.2. The topological polar surface area (TPSA) is 87.8 Å². The molecule has 3 rings (SSSR count). The van der Waals surface area contributed by atoms with Crippen molar-refractivity contribution in [1.82, 2.24) is 14.8 Å². The highest BCUT2D eigenvalue weighted by molar-refractivity contribution is 6.43. The van der Waals surface area contributed by atoms with E-state index in [0.29, 0.717) is 0 Å². The maximum absolute atomic E-state index is 13.4. The number of hydrogen-bond donors (Lipinski definition) is 0. The lowest BCUT2D eigenvalue weighted by Gasteiger charge is -2.08. The Morgan fingerprint density at radius 1 is 1.14 bits per heavy atom. The van der Waals surface area contributed by atoms with Crippen molar-refractivity contribution in [3.05, 3.63) is 66.0 Å². The summed E-state index contributed by atoms with van der Waals surface area (Å²) in [6.45, 7) is 0. The van der Waals surface area contributed by atoms with Crippen LogP contribution in [0.2, 0.25) is 0 Å². The van der Waals surface area contributed by atoms with Gasteiger partial charge in [0.25, 0.3) is 0 Å². The molecule has 8 nitrogen and oxygen atoms in total. The van der Waals surface area contributed by atoms with E-state index in [1.54, 1.807) is 6.07 Å². The summed E-state index contributed by atoms with van der Waals surface area (Å²) in [5.74, 6) is -2.14. The van der Waals surface area contributed by atoms with Crippen molar-refractivity contribution in [3.63, 3.8) is 0 Å². The van der Waals surface area contributed by atoms with E-state index < -0.39 is 17.6 Å². The van der Waals surface area contributed by atoms with Crippen LogP contribution in [-0.2, 0) is 14.4 Å². The number of rotatable bonds is 6. The number of aromatic nitrogens is 3. The predicted octanol–water partition coefficient (Wildman–Crippen LogP) is 2.86. The van der Waals surface area contributed by atoms with Gasteiger partial charge < -0.3 is 14.3 Å². The van der Waals surface area contributed by atoms with Gasteiger partial charge in [-0.1, -0.05) is 5.16 Å². The van der Waals surface area contributed by atoms with Crippen LogP contribution in [0.1, 0.15) is 5.56 Å². The van der Waals surface area contributed by atoms with Gasteiger partial charge >= 0.3 is 5.97 Å². The summed E-state index contributed by atoms with van der Waals surface area (Å²) < 4.78 is 38.3. The fraction of sp³-hybridized carbons (Fsp3) is 0.111. The van der Waals surface area contributed by atoms with E-state index in [2.05, 4.69) is 24.8 Å². The molecule has 10 heteroatoms. The minimum atomic E-state index is -0.750. The summed E-state index contributed by atoms with van der Waals surface area (Å²) in [7, 11) is 2.48. The first-order chi connectivity index (χ1) is 13.5. The predicted molar refractivity (Wildman–Crippen MR) is 93.4 cm³/mol. The second kappa shape index (κ2) is 8.25. The summed E-state index contributed by atoms with van der Waals surface area (Å²) in [5.41, 5.74) is 0.229. The summed E-state index contributed by atoms with van der Waals surface area (Å²) >= 11 is 0. The monoisotopic (exact) mass is 388 g/mol. The quantitative estimate of drug-likeness (QED) is 0.367. The van der Waals surface area contributed by atoms with Crippen molar-refractivity contribution in [3.8, 4) is 17.4 Å². The SMILES string of the molecule is CO/N=C(/C(=O)OC)c1cccnc1Oc1ccn(-c2cc(F)cc(F)c2)n1. The molecule has 0 aliphatic heterocycles. The number of hydrogen-bond acceptors (Lipinski definition) is 7. The van der Waals surface area contributed by atoms with Crippen molar-refractivity contribution in [2.75, 3.05) is 14.2 Å². The fourth-order valence-corrected chi connectivity index (χ4v) is 2.31. The molecule has 2 heterocycles. The van der Waals surface area contributed by atoms with E-state index in [1.165, 1.54) is 43.4 Å². The van der Waals surface area contributed by atoms with Gasteiger partial charge in [-0.25, -0.2) is 23.2 Å². The van der Waals surface area contributed by atoms with E-state index in [9.17, 15) is 13.6 Å². The first-order valence-corrected chi connectivity index (χ1v) is 7.86. The van der Waals surface area contributed by atoms with Crippen LogP contribution < -0.4 is 4.74 Å². The van der Waals surface area contributed by atoms with Crippen LogP contribution in [0, 0.1) is 11.6 Å². The van der Waals surface area contributed by atoms with Crippen molar-refractivity contribution in [1.29, 1.82) is 0 Å². The zero-order valence-electron chi connectivity index (χ0n) is 14.8. The molecule has 0 fully saturated rings. The number of methoxy groups -OCH3 is 1. The Labute approximate surface area is 158 Å². The lowest BCUT2D eigenvalue weighted by Crippen LogP contribution is -2.18. The van der Waals surface area contributed by atoms with Crippen LogP contribution in [0.5, 0.6) is 11.8 Å². The molecule has 0 saturated heterocycles. The number of benzene rings is 1. The van der Waals surface area contributed by atoms with Crippen molar-refractivity contribution in [2.24, 2.45) is 5.16 Å². The number of halogens is 2. The van der Waals surface area contributed by atoms with Crippen LogP contribution in [0.15, 0.2) is 53.9 Å². The third kappa shape index (κ3) is 4.11. The Morgan fingerprint density at radius 3 is 2.57 bits per heavy atom. The van der Waals surface area contributed by atoms with Crippen LogP contribution in [-0.4, -0.2) is 40.7 Å². The molecule has 144 valence electrons. The lowest BCUT2D eigenvalue weighted by atomic mass is 10.1. The van der Waals surface area contributed by atoms with Gasteiger partial charge in [0.1, 0.15) is 18.7 Å². The first-order valence-electron chi connectivity index (χ1n) is 7.86. The molecule has 0 aliphatic carbocycles. The zero-order valence-corrected chi connectivity index (χ0v) is 14.8. The summed E-state index contributed by atoms with van der Waals surface area (Å²) in [6, 6.07) is 7.57. The first kappa shape index (κ1) is 19.0. The van der Waals surface area contributed by atoms with E-state index >= 15 is 0 Å². The minimum Gasteiger partial charge on any atom is -0.464 e. The summed E-state index contributed by atoms with van der Waals surface area (Å²) in [4.78, 5) is 20.7. The molecule has 0 bridgehead atoms. The molecule has 0 amide bonds. The highest BCUT2D eigenvalue weighted by Gasteiger charge is 2.22. The maximum Gasteiger partial charge on any atom is 0.360 e. The number of esters is 1. The molecular weight excluding hydrogens is 374 g/mol. The Kier molecular flexibility index (Phi) is 5.58. The second-order valence-electron chi connectivity index (χ2n) is 5.30. The Balaban J connectivity index is 1.92. The molecular formula is C18H14F2N4O4. The van der Waals surface area contributed by atoms with Crippen molar-refractivity contribution in [2.45, 2.75) is 0 Å². The molecule has 0 N–H and O–H groups in total. The average Bonchev–Trinajstić information content (AvgIpc) is 3.14. The molecule has 0 radical (unpaired) electrons. The van der Waals surface area contributed by atoms with Gasteiger partial charge in [-0.3, -0.25) is 0 Å². The number of oxime groups is 1. The van der Waals surface area contributed by atoms with E-state index in [-0.39, 0.29) is 28.7 Å². The highest BCUT2D eigenvalue weighted by atomic mass is 19.1. The number of nitrogens with zero attached hydrogens (tertiary/aromatic N) is 4. The molecule has 0 spiro atoms. The molecule has 3 aromatic rings. The third-order valence-corrected chi connectivity index (χ3v) is 3.47. The van der Waals surface area contributed by atoms with Crippen molar-refractivity contribution < 1.29 is 27.9 Å². The second-order valence-corrected chi connectivity index (χ2v) is 5.30. The van der Waals surface area contributed by atoms with Crippen LogP contribution in [0.25, 0.3) is 5.69 Å². The molecule has 0 saturated carbocycles.